The number of ether oxygens (including phenoxy) is 1. The highest BCUT2D eigenvalue weighted by Crippen LogP contribution is 2.17. The molecule has 4 heteroatoms. The molecule has 0 atom stereocenters. The van der Waals surface area contributed by atoms with E-state index in [1.54, 1.807) is 18.4 Å². The molecule has 0 bridgehead atoms. The maximum atomic E-state index is 5.73. The van der Waals surface area contributed by atoms with Crippen LogP contribution in [0.3, 0.4) is 0 Å². The van der Waals surface area contributed by atoms with Gasteiger partial charge in [0.1, 0.15) is 0 Å². The van der Waals surface area contributed by atoms with Crippen LogP contribution < -0.4 is 11.1 Å². The second-order valence-electron chi connectivity index (χ2n) is 2.82. The van der Waals surface area contributed by atoms with Gasteiger partial charge in [-0.05, 0) is 24.4 Å². The van der Waals surface area contributed by atoms with Crippen molar-refractivity contribution >= 4 is 17.0 Å². The van der Waals surface area contributed by atoms with Crippen LogP contribution in [0.15, 0.2) is 11.4 Å². The van der Waals surface area contributed by atoms with Crippen molar-refractivity contribution in [3.8, 4) is 0 Å². The van der Waals surface area contributed by atoms with Gasteiger partial charge in [-0.25, -0.2) is 0 Å². The Morgan fingerprint density at radius 1 is 1.62 bits per heavy atom. The molecule has 0 fully saturated rings. The average molecular weight is 200 g/mol. The van der Waals surface area contributed by atoms with Gasteiger partial charge < -0.3 is 15.8 Å². The number of nitrogen functional groups attached to an aromatic ring is 1. The Balaban J connectivity index is 2.10. The van der Waals surface area contributed by atoms with Gasteiger partial charge in [0.15, 0.2) is 0 Å². The van der Waals surface area contributed by atoms with Gasteiger partial charge in [-0.3, -0.25) is 0 Å². The van der Waals surface area contributed by atoms with E-state index in [1.807, 2.05) is 11.4 Å². The van der Waals surface area contributed by atoms with E-state index in [0.29, 0.717) is 0 Å². The summed E-state index contributed by atoms with van der Waals surface area (Å²) >= 11 is 1.69. The minimum absolute atomic E-state index is 0.812. The number of hydrogen-bond donors (Lipinski definition) is 2. The lowest BCUT2D eigenvalue weighted by atomic mass is 10.4. The molecule has 1 aromatic rings. The molecule has 0 amide bonds. The van der Waals surface area contributed by atoms with Crippen LogP contribution in [0.1, 0.15) is 11.3 Å². The first-order valence-electron chi connectivity index (χ1n) is 4.36. The predicted molar refractivity (Wildman–Crippen MR) is 56.9 cm³/mol. The Morgan fingerprint density at radius 3 is 3.08 bits per heavy atom. The quantitative estimate of drug-likeness (QED) is 0.683. The predicted octanol–water partition coefficient (Wildman–Crippen LogP) is 1.46. The molecule has 0 aliphatic carbocycles. The number of hydrogen-bond acceptors (Lipinski definition) is 4. The monoisotopic (exact) mass is 200 g/mol. The lowest BCUT2D eigenvalue weighted by Crippen LogP contribution is -2.15. The molecule has 0 unspecified atom stereocenters. The molecule has 1 aromatic heterocycles. The number of methoxy groups -OCH3 is 1. The molecule has 0 aliphatic rings. The molecule has 13 heavy (non-hydrogen) atoms. The molecule has 74 valence electrons. The van der Waals surface area contributed by atoms with Crippen molar-refractivity contribution in [1.82, 2.24) is 5.32 Å². The minimum atomic E-state index is 0.812. The third kappa shape index (κ3) is 3.76. The summed E-state index contributed by atoms with van der Waals surface area (Å²) in [4.78, 5) is 1.22. The summed E-state index contributed by atoms with van der Waals surface area (Å²) in [5.74, 6) is 0. The van der Waals surface area contributed by atoms with E-state index in [2.05, 4.69) is 5.32 Å². The molecule has 0 aliphatic heterocycles. The zero-order chi connectivity index (χ0) is 9.52. The highest BCUT2D eigenvalue weighted by molar-refractivity contribution is 7.10. The van der Waals surface area contributed by atoms with E-state index in [1.165, 1.54) is 4.88 Å². The second-order valence-corrected chi connectivity index (χ2v) is 3.82. The highest BCUT2D eigenvalue weighted by atomic mass is 32.1. The number of rotatable bonds is 6. The van der Waals surface area contributed by atoms with Crippen LogP contribution >= 0.6 is 11.3 Å². The van der Waals surface area contributed by atoms with Crippen LogP contribution in [-0.2, 0) is 11.3 Å². The Labute approximate surface area is 82.9 Å². The molecule has 1 heterocycles. The molecule has 1 rings (SSSR count). The molecular weight excluding hydrogens is 184 g/mol. The SMILES string of the molecule is COCCCNCc1sccc1N. The largest absolute Gasteiger partial charge is 0.398 e. The molecule has 0 aromatic carbocycles. The maximum absolute atomic E-state index is 5.73. The topological polar surface area (TPSA) is 47.3 Å². The Kier molecular flexibility index (Phi) is 4.82. The Morgan fingerprint density at radius 2 is 2.46 bits per heavy atom. The number of anilines is 1. The van der Waals surface area contributed by atoms with Crippen molar-refractivity contribution in [2.24, 2.45) is 0 Å². The molecule has 3 nitrogen and oxygen atoms in total. The third-order valence-electron chi connectivity index (χ3n) is 1.77. The summed E-state index contributed by atoms with van der Waals surface area (Å²) in [6.45, 7) is 2.66. The van der Waals surface area contributed by atoms with Gasteiger partial charge in [-0.1, -0.05) is 0 Å². The molecular formula is C9H16N2OS. The number of nitrogens with one attached hydrogen (secondary N) is 1. The van der Waals surface area contributed by atoms with Crippen LogP contribution in [-0.4, -0.2) is 20.3 Å². The second kappa shape index (κ2) is 5.96. The highest BCUT2D eigenvalue weighted by Gasteiger charge is 1.98. The lowest BCUT2D eigenvalue weighted by molar-refractivity contribution is 0.194. The van der Waals surface area contributed by atoms with Crippen molar-refractivity contribution in [1.29, 1.82) is 0 Å². The van der Waals surface area contributed by atoms with E-state index in [0.717, 1.165) is 31.8 Å². The first-order valence-corrected chi connectivity index (χ1v) is 5.24. The normalized spacial score (nSPS) is 10.5. The number of nitrogens with two attached hydrogens (primary N) is 1. The zero-order valence-corrected chi connectivity index (χ0v) is 8.69. The fraction of sp³-hybridized carbons (Fsp3) is 0.556. The van der Waals surface area contributed by atoms with Crippen LogP contribution in [0.5, 0.6) is 0 Å². The zero-order valence-electron chi connectivity index (χ0n) is 7.88. The smallest absolute Gasteiger partial charge is 0.0474 e. The van der Waals surface area contributed by atoms with Gasteiger partial charge in [0.2, 0.25) is 0 Å². The van der Waals surface area contributed by atoms with Crippen molar-refractivity contribution < 1.29 is 4.74 Å². The molecule has 0 radical (unpaired) electrons. The van der Waals surface area contributed by atoms with Gasteiger partial charge in [-0.2, -0.15) is 0 Å². The molecule has 0 saturated heterocycles. The fourth-order valence-corrected chi connectivity index (χ4v) is 1.81. The van der Waals surface area contributed by atoms with Crippen LogP contribution in [0.25, 0.3) is 0 Å². The average Bonchev–Trinajstić information content (AvgIpc) is 2.52. The van der Waals surface area contributed by atoms with Crippen LogP contribution in [0.4, 0.5) is 5.69 Å². The minimum Gasteiger partial charge on any atom is -0.398 e. The standard InChI is InChI=1S/C9H16N2OS/c1-12-5-2-4-11-7-9-8(10)3-6-13-9/h3,6,11H,2,4-5,7,10H2,1H3. The van der Waals surface area contributed by atoms with Gasteiger partial charge in [0, 0.05) is 30.8 Å². The van der Waals surface area contributed by atoms with E-state index in [-0.39, 0.29) is 0 Å². The fourth-order valence-electron chi connectivity index (χ4n) is 1.04. The van der Waals surface area contributed by atoms with Crippen LogP contribution in [0, 0.1) is 0 Å². The maximum Gasteiger partial charge on any atom is 0.0474 e. The first kappa shape index (κ1) is 10.5. The van der Waals surface area contributed by atoms with Crippen LogP contribution in [0.2, 0.25) is 0 Å². The summed E-state index contributed by atoms with van der Waals surface area (Å²) in [5, 5.41) is 5.33. The summed E-state index contributed by atoms with van der Waals surface area (Å²) in [5.41, 5.74) is 6.62. The molecule has 0 saturated carbocycles. The molecule has 0 spiro atoms. The van der Waals surface area contributed by atoms with E-state index in [4.69, 9.17) is 10.5 Å². The van der Waals surface area contributed by atoms with Crippen molar-refractivity contribution in [3.63, 3.8) is 0 Å². The van der Waals surface area contributed by atoms with Crippen molar-refractivity contribution in [2.75, 3.05) is 26.0 Å². The Bertz CT molecular complexity index is 237. The van der Waals surface area contributed by atoms with Crippen molar-refractivity contribution in [2.45, 2.75) is 13.0 Å². The van der Waals surface area contributed by atoms with Crippen molar-refractivity contribution in [3.05, 3.63) is 16.3 Å². The summed E-state index contributed by atoms with van der Waals surface area (Å²) < 4.78 is 4.94. The lowest BCUT2D eigenvalue weighted by Gasteiger charge is -2.02. The van der Waals surface area contributed by atoms with Gasteiger partial charge in [-0.15, -0.1) is 11.3 Å². The summed E-state index contributed by atoms with van der Waals surface area (Å²) in [6.07, 6.45) is 1.04. The van der Waals surface area contributed by atoms with E-state index >= 15 is 0 Å². The first-order chi connectivity index (χ1) is 6.34. The van der Waals surface area contributed by atoms with Gasteiger partial charge in [0.25, 0.3) is 0 Å². The summed E-state index contributed by atoms with van der Waals surface area (Å²) in [7, 11) is 1.72. The summed E-state index contributed by atoms with van der Waals surface area (Å²) in [6, 6.07) is 1.94. The van der Waals surface area contributed by atoms with Gasteiger partial charge in [0.05, 0.1) is 0 Å². The van der Waals surface area contributed by atoms with Gasteiger partial charge >= 0.3 is 0 Å². The number of thiophene rings is 1. The van der Waals surface area contributed by atoms with E-state index < -0.39 is 0 Å². The Hall–Kier alpha value is -0.580. The third-order valence-corrected chi connectivity index (χ3v) is 2.70. The van der Waals surface area contributed by atoms with E-state index in [9.17, 15) is 0 Å². The molecule has 3 N–H and O–H groups in total.